The first-order valence-corrected chi connectivity index (χ1v) is 8.85. The van der Waals surface area contributed by atoms with E-state index in [-0.39, 0.29) is 30.5 Å². The molecule has 0 aliphatic heterocycles. The van der Waals surface area contributed by atoms with Crippen LogP contribution in [0.2, 0.25) is 0 Å². The van der Waals surface area contributed by atoms with E-state index in [1.165, 1.54) is 11.8 Å². The monoisotopic (exact) mass is 366 g/mol. The summed E-state index contributed by atoms with van der Waals surface area (Å²) in [4.78, 5) is 28.0. The maximum absolute atomic E-state index is 11.9. The first-order chi connectivity index (χ1) is 13.2. The first-order valence-electron chi connectivity index (χ1n) is 8.85. The molecule has 0 radical (unpaired) electrons. The molecule has 140 valence electrons. The number of amides is 2. The average molecular weight is 366 g/mol. The van der Waals surface area contributed by atoms with Crippen LogP contribution in [0.1, 0.15) is 28.4 Å². The van der Waals surface area contributed by atoms with E-state index >= 15 is 0 Å². The summed E-state index contributed by atoms with van der Waals surface area (Å²) in [5.41, 5.74) is 1.20. The van der Waals surface area contributed by atoms with Crippen molar-refractivity contribution in [3.8, 4) is 0 Å². The number of nitrogens with zero attached hydrogens (tertiary/aromatic N) is 2. The maximum Gasteiger partial charge on any atom is 0.286 e. The van der Waals surface area contributed by atoms with Gasteiger partial charge in [0.05, 0.1) is 6.26 Å². The minimum atomic E-state index is -0.323. The molecule has 3 aromatic rings. The Bertz CT molecular complexity index is 857. The number of aromatic nitrogens is 2. The fourth-order valence-electron chi connectivity index (χ4n) is 2.68. The number of furan rings is 1. The number of nitrogens with one attached hydrogen (secondary N) is 2. The lowest BCUT2D eigenvalue weighted by Crippen LogP contribution is -2.31. The average Bonchev–Trinajstić information content (AvgIpc) is 3.35. The Hall–Kier alpha value is -3.35. The standard InChI is InChI=1S/C20H22N4O3/c25-19(9-11-23-20(26)17-7-4-14-27-17)22-10-8-18-21-12-13-24(18)15-16-5-2-1-3-6-16/h1-7,12-14H,8-11,15H2,(H,22,25)(H,23,26). The predicted molar refractivity (Wildman–Crippen MR) is 100 cm³/mol. The highest BCUT2D eigenvalue weighted by molar-refractivity contribution is 5.91. The molecule has 27 heavy (non-hydrogen) atoms. The highest BCUT2D eigenvalue weighted by Gasteiger charge is 2.09. The van der Waals surface area contributed by atoms with Crippen LogP contribution in [0, 0.1) is 0 Å². The van der Waals surface area contributed by atoms with Crippen LogP contribution < -0.4 is 10.6 Å². The van der Waals surface area contributed by atoms with Crippen LogP contribution in [-0.2, 0) is 17.8 Å². The van der Waals surface area contributed by atoms with E-state index in [0.717, 1.165) is 12.4 Å². The Kier molecular flexibility index (Phi) is 6.40. The lowest BCUT2D eigenvalue weighted by molar-refractivity contribution is -0.120. The zero-order valence-corrected chi connectivity index (χ0v) is 14.9. The van der Waals surface area contributed by atoms with E-state index < -0.39 is 0 Å². The molecule has 2 aromatic heterocycles. The summed E-state index contributed by atoms with van der Waals surface area (Å²) < 4.78 is 7.07. The minimum Gasteiger partial charge on any atom is -0.459 e. The molecule has 0 atom stereocenters. The summed E-state index contributed by atoms with van der Waals surface area (Å²) >= 11 is 0. The van der Waals surface area contributed by atoms with Crippen molar-refractivity contribution in [1.29, 1.82) is 0 Å². The maximum atomic E-state index is 11.9. The van der Waals surface area contributed by atoms with E-state index in [0.29, 0.717) is 13.0 Å². The molecule has 0 saturated carbocycles. The van der Waals surface area contributed by atoms with Crippen molar-refractivity contribution in [3.05, 3.63) is 78.3 Å². The second-order valence-electron chi connectivity index (χ2n) is 6.04. The molecule has 0 aliphatic carbocycles. The fourth-order valence-corrected chi connectivity index (χ4v) is 2.68. The molecule has 7 heteroatoms. The molecule has 1 aromatic carbocycles. The minimum absolute atomic E-state index is 0.115. The Morgan fingerprint density at radius 1 is 1.04 bits per heavy atom. The summed E-state index contributed by atoms with van der Waals surface area (Å²) in [6.45, 7) is 1.51. The van der Waals surface area contributed by atoms with Crippen molar-refractivity contribution in [3.63, 3.8) is 0 Å². The predicted octanol–water partition coefficient (Wildman–Crippen LogP) is 2.00. The fraction of sp³-hybridized carbons (Fsp3) is 0.250. The van der Waals surface area contributed by atoms with Crippen LogP contribution in [0.15, 0.2) is 65.5 Å². The second-order valence-corrected chi connectivity index (χ2v) is 6.04. The SMILES string of the molecule is O=C(CCNC(=O)c1ccco1)NCCc1nccn1Cc1ccccc1. The van der Waals surface area contributed by atoms with Gasteiger partial charge in [-0.3, -0.25) is 9.59 Å². The Morgan fingerprint density at radius 2 is 1.89 bits per heavy atom. The molecule has 0 saturated heterocycles. The van der Waals surface area contributed by atoms with E-state index in [9.17, 15) is 9.59 Å². The van der Waals surface area contributed by atoms with Gasteiger partial charge in [-0.25, -0.2) is 4.98 Å². The second kappa shape index (κ2) is 9.38. The Morgan fingerprint density at radius 3 is 2.67 bits per heavy atom. The summed E-state index contributed by atoms with van der Waals surface area (Å²) in [6, 6.07) is 13.4. The quantitative estimate of drug-likeness (QED) is 0.606. The van der Waals surface area contributed by atoms with Crippen molar-refractivity contribution in [1.82, 2.24) is 20.2 Å². The zero-order valence-electron chi connectivity index (χ0n) is 14.9. The highest BCUT2D eigenvalue weighted by Crippen LogP contribution is 2.06. The Balaban J connectivity index is 1.37. The van der Waals surface area contributed by atoms with Gasteiger partial charge in [0.15, 0.2) is 5.76 Å². The van der Waals surface area contributed by atoms with Gasteiger partial charge in [0.2, 0.25) is 5.91 Å². The van der Waals surface area contributed by atoms with Crippen LogP contribution >= 0.6 is 0 Å². The highest BCUT2D eigenvalue weighted by atomic mass is 16.3. The normalized spacial score (nSPS) is 10.5. The molecule has 2 amide bonds. The van der Waals surface area contributed by atoms with Gasteiger partial charge in [0, 0.05) is 44.9 Å². The third kappa shape index (κ3) is 5.57. The molecule has 0 bridgehead atoms. The van der Waals surface area contributed by atoms with Crippen molar-refractivity contribution < 1.29 is 14.0 Å². The molecule has 0 aliphatic rings. The summed E-state index contributed by atoms with van der Waals surface area (Å²) in [6.07, 6.45) is 6.00. The lowest BCUT2D eigenvalue weighted by atomic mass is 10.2. The molecule has 7 nitrogen and oxygen atoms in total. The van der Waals surface area contributed by atoms with E-state index in [1.54, 1.807) is 18.3 Å². The first kappa shape index (κ1) is 18.4. The number of imidazole rings is 1. The third-order valence-electron chi connectivity index (χ3n) is 4.05. The molecule has 0 fully saturated rings. The number of hydrogen-bond donors (Lipinski definition) is 2. The van der Waals surface area contributed by atoms with Gasteiger partial charge in [-0.15, -0.1) is 0 Å². The van der Waals surface area contributed by atoms with E-state index in [2.05, 4.69) is 32.3 Å². The number of hydrogen-bond acceptors (Lipinski definition) is 4. The van der Waals surface area contributed by atoms with Crippen LogP contribution in [0.25, 0.3) is 0 Å². The van der Waals surface area contributed by atoms with Gasteiger partial charge < -0.3 is 19.6 Å². The third-order valence-corrected chi connectivity index (χ3v) is 4.05. The summed E-state index contributed by atoms with van der Waals surface area (Å²) in [7, 11) is 0. The van der Waals surface area contributed by atoms with Crippen molar-refractivity contribution in [2.24, 2.45) is 0 Å². The Labute approximate surface area is 157 Å². The topological polar surface area (TPSA) is 89.2 Å². The molecular formula is C20H22N4O3. The van der Waals surface area contributed by atoms with Crippen molar-refractivity contribution in [2.75, 3.05) is 13.1 Å². The van der Waals surface area contributed by atoms with Crippen LogP contribution in [0.3, 0.4) is 0 Å². The van der Waals surface area contributed by atoms with Crippen molar-refractivity contribution in [2.45, 2.75) is 19.4 Å². The van der Waals surface area contributed by atoms with Gasteiger partial charge >= 0.3 is 0 Å². The van der Waals surface area contributed by atoms with Gasteiger partial charge in [-0.1, -0.05) is 30.3 Å². The smallest absolute Gasteiger partial charge is 0.286 e. The van der Waals surface area contributed by atoms with Gasteiger partial charge in [0.25, 0.3) is 5.91 Å². The van der Waals surface area contributed by atoms with Crippen LogP contribution in [0.4, 0.5) is 0 Å². The van der Waals surface area contributed by atoms with Crippen molar-refractivity contribution >= 4 is 11.8 Å². The van der Waals surface area contributed by atoms with E-state index in [1.807, 2.05) is 24.4 Å². The molecule has 2 N–H and O–H groups in total. The van der Waals surface area contributed by atoms with Crippen LogP contribution in [0.5, 0.6) is 0 Å². The number of carbonyl (C=O) groups excluding carboxylic acids is 2. The molecule has 3 rings (SSSR count). The molecule has 0 spiro atoms. The lowest BCUT2D eigenvalue weighted by Gasteiger charge is -2.09. The number of benzene rings is 1. The summed E-state index contributed by atoms with van der Waals surface area (Å²) in [5, 5.41) is 5.50. The molecule has 2 heterocycles. The molecular weight excluding hydrogens is 344 g/mol. The number of rotatable bonds is 9. The number of carbonyl (C=O) groups is 2. The van der Waals surface area contributed by atoms with Gasteiger partial charge in [-0.05, 0) is 17.7 Å². The summed E-state index contributed by atoms with van der Waals surface area (Å²) in [5.74, 6) is 0.720. The van der Waals surface area contributed by atoms with Gasteiger partial charge in [0.1, 0.15) is 5.82 Å². The van der Waals surface area contributed by atoms with Gasteiger partial charge in [-0.2, -0.15) is 0 Å². The molecule has 0 unspecified atom stereocenters. The largest absolute Gasteiger partial charge is 0.459 e. The zero-order chi connectivity index (χ0) is 18.9. The van der Waals surface area contributed by atoms with Crippen LogP contribution in [-0.4, -0.2) is 34.5 Å². The van der Waals surface area contributed by atoms with E-state index in [4.69, 9.17) is 4.42 Å².